The van der Waals surface area contributed by atoms with Crippen LogP contribution in [0.2, 0.25) is 5.02 Å². The van der Waals surface area contributed by atoms with Crippen molar-refractivity contribution in [3.63, 3.8) is 0 Å². The van der Waals surface area contributed by atoms with Crippen molar-refractivity contribution in [3.05, 3.63) is 22.8 Å². The fourth-order valence-electron chi connectivity index (χ4n) is 1.06. The Morgan fingerprint density at radius 1 is 1.53 bits per heavy atom. The van der Waals surface area contributed by atoms with Gasteiger partial charge in [0.15, 0.2) is 0 Å². The molecule has 4 nitrogen and oxygen atoms in total. The number of alkyl halides is 1. The summed E-state index contributed by atoms with van der Waals surface area (Å²) < 4.78 is 4.85. The number of methoxy groups -OCH3 is 1. The molecule has 0 aliphatic heterocycles. The van der Waals surface area contributed by atoms with E-state index in [1.54, 1.807) is 0 Å². The standard InChI is InChI=1S/C9H11Cl2NO3/c1-15-9-6(11)2-5(4-12-9)8(14)7(13)3-10/h2,4,7-8,13-14H,3H2,1H3. The number of aromatic nitrogens is 1. The molecule has 0 amide bonds. The molecule has 1 aromatic heterocycles. The predicted octanol–water partition coefficient (Wildman–Crippen LogP) is 1.38. The topological polar surface area (TPSA) is 62.6 Å². The maximum atomic E-state index is 9.60. The van der Waals surface area contributed by atoms with Gasteiger partial charge in [0.2, 0.25) is 5.88 Å². The predicted molar refractivity (Wildman–Crippen MR) is 57.5 cm³/mol. The zero-order chi connectivity index (χ0) is 11.4. The van der Waals surface area contributed by atoms with Crippen molar-refractivity contribution < 1.29 is 14.9 Å². The quantitative estimate of drug-likeness (QED) is 0.794. The van der Waals surface area contributed by atoms with Crippen LogP contribution in [0, 0.1) is 0 Å². The molecule has 0 bridgehead atoms. The van der Waals surface area contributed by atoms with Crippen molar-refractivity contribution in [1.29, 1.82) is 0 Å². The lowest BCUT2D eigenvalue weighted by Gasteiger charge is -2.15. The lowest BCUT2D eigenvalue weighted by atomic mass is 10.1. The summed E-state index contributed by atoms with van der Waals surface area (Å²) in [5.41, 5.74) is 0.397. The molecule has 0 saturated carbocycles. The van der Waals surface area contributed by atoms with E-state index in [0.29, 0.717) is 5.56 Å². The first-order valence-corrected chi connectivity index (χ1v) is 5.13. The minimum atomic E-state index is -1.10. The molecular formula is C9H11Cl2NO3. The number of rotatable bonds is 4. The van der Waals surface area contributed by atoms with Crippen molar-refractivity contribution in [1.82, 2.24) is 4.98 Å². The van der Waals surface area contributed by atoms with E-state index in [0.717, 1.165) is 0 Å². The van der Waals surface area contributed by atoms with E-state index in [-0.39, 0.29) is 16.8 Å². The summed E-state index contributed by atoms with van der Waals surface area (Å²) >= 11 is 11.2. The molecule has 2 N–H and O–H groups in total. The number of halogens is 2. The highest BCUT2D eigenvalue weighted by molar-refractivity contribution is 6.31. The van der Waals surface area contributed by atoms with E-state index in [1.807, 2.05) is 0 Å². The molecule has 1 aromatic rings. The first-order valence-electron chi connectivity index (χ1n) is 4.21. The molecule has 2 unspecified atom stereocenters. The van der Waals surface area contributed by atoms with Crippen LogP contribution in [-0.4, -0.2) is 34.3 Å². The average Bonchev–Trinajstić information content (AvgIpc) is 2.26. The van der Waals surface area contributed by atoms with Gasteiger partial charge < -0.3 is 14.9 Å². The Morgan fingerprint density at radius 2 is 2.20 bits per heavy atom. The van der Waals surface area contributed by atoms with Crippen LogP contribution in [0.4, 0.5) is 0 Å². The van der Waals surface area contributed by atoms with Crippen molar-refractivity contribution in [2.75, 3.05) is 13.0 Å². The molecule has 0 aliphatic carbocycles. The minimum absolute atomic E-state index is 0.0647. The van der Waals surface area contributed by atoms with E-state index in [1.165, 1.54) is 19.4 Å². The van der Waals surface area contributed by atoms with Crippen LogP contribution in [-0.2, 0) is 0 Å². The minimum Gasteiger partial charge on any atom is -0.480 e. The normalized spacial score (nSPS) is 14.7. The van der Waals surface area contributed by atoms with Crippen LogP contribution in [0.25, 0.3) is 0 Å². The third-order valence-electron chi connectivity index (χ3n) is 1.89. The summed E-state index contributed by atoms with van der Waals surface area (Å²) in [5.74, 6) is 0.207. The number of nitrogens with zero attached hydrogens (tertiary/aromatic N) is 1. The molecule has 0 aliphatic rings. The summed E-state index contributed by atoms with van der Waals surface area (Å²) in [6, 6.07) is 1.48. The number of ether oxygens (including phenoxy) is 1. The summed E-state index contributed by atoms with van der Waals surface area (Å²) in [6.45, 7) is 0. The van der Waals surface area contributed by atoms with E-state index in [9.17, 15) is 10.2 Å². The van der Waals surface area contributed by atoms with Crippen molar-refractivity contribution in [2.24, 2.45) is 0 Å². The Labute approximate surface area is 97.4 Å². The fraction of sp³-hybridized carbons (Fsp3) is 0.444. The van der Waals surface area contributed by atoms with Gasteiger partial charge in [-0.3, -0.25) is 0 Å². The van der Waals surface area contributed by atoms with Gasteiger partial charge in [-0.15, -0.1) is 11.6 Å². The van der Waals surface area contributed by atoms with Gasteiger partial charge in [-0.05, 0) is 6.07 Å². The zero-order valence-corrected chi connectivity index (χ0v) is 9.53. The second-order valence-corrected chi connectivity index (χ2v) is 3.64. The molecule has 0 aromatic carbocycles. The molecule has 6 heteroatoms. The third-order valence-corrected chi connectivity index (χ3v) is 2.47. The van der Waals surface area contributed by atoms with Crippen molar-refractivity contribution in [2.45, 2.75) is 12.2 Å². The zero-order valence-electron chi connectivity index (χ0n) is 8.02. The van der Waals surface area contributed by atoms with E-state index >= 15 is 0 Å². The van der Waals surface area contributed by atoms with Crippen LogP contribution >= 0.6 is 23.2 Å². The van der Waals surface area contributed by atoms with Crippen LogP contribution in [0.15, 0.2) is 12.3 Å². The number of hydrogen-bond donors (Lipinski definition) is 2. The Balaban J connectivity index is 2.92. The van der Waals surface area contributed by atoms with Crippen LogP contribution in [0.3, 0.4) is 0 Å². The monoisotopic (exact) mass is 251 g/mol. The number of aliphatic hydroxyl groups is 2. The SMILES string of the molecule is COc1ncc(C(O)C(O)CCl)cc1Cl. The molecule has 1 rings (SSSR count). The number of aliphatic hydroxyl groups excluding tert-OH is 2. The summed E-state index contributed by atoms with van der Waals surface area (Å²) in [4.78, 5) is 3.87. The van der Waals surface area contributed by atoms with E-state index < -0.39 is 12.2 Å². The van der Waals surface area contributed by atoms with Crippen molar-refractivity contribution in [3.8, 4) is 5.88 Å². The van der Waals surface area contributed by atoms with Gasteiger partial charge in [0.25, 0.3) is 0 Å². The Morgan fingerprint density at radius 3 is 2.67 bits per heavy atom. The molecule has 15 heavy (non-hydrogen) atoms. The van der Waals surface area contributed by atoms with Gasteiger partial charge in [0.1, 0.15) is 11.1 Å². The molecule has 0 spiro atoms. The number of hydrogen-bond acceptors (Lipinski definition) is 4. The van der Waals surface area contributed by atoms with Gasteiger partial charge in [-0.25, -0.2) is 4.98 Å². The highest BCUT2D eigenvalue weighted by Gasteiger charge is 2.18. The van der Waals surface area contributed by atoms with Gasteiger partial charge in [0.05, 0.1) is 19.1 Å². The second kappa shape index (κ2) is 5.51. The first kappa shape index (κ1) is 12.5. The summed E-state index contributed by atoms with van der Waals surface area (Å²) in [5, 5.41) is 19.2. The Kier molecular flexibility index (Phi) is 4.60. The maximum Gasteiger partial charge on any atom is 0.232 e. The Bertz CT molecular complexity index is 335. The highest BCUT2D eigenvalue weighted by atomic mass is 35.5. The largest absolute Gasteiger partial charge is 0.480 e. The van der Waals surface area contributed by atoms with E-state index in [2.05, 4.69) is 4.98 Å². The maximum absolute atomic E-state index is 9.60. The lowest BCUT2D eigenvalue weighted by molar-refractivity contribution is 0.0324. The van der Waals surface area contributed by atoms with Crippen LogP contribution in [0.1, 0.15) is 11.7 Å². The first-order chi connectivity index (χ1) is 7.10. The molecule has 0 radical (unpaired) electrons. The molecular weight excluding hydrogens is 241 g/mol. The molecule has 1 heterocycles. The highest BCUT2D eigenvalue weighted by Crippen LogP contribution is 2.26. The summed E-state index contributed by atoms with van der Waals surface area (Å²) in [6.07, 6.45) is -0.762. The second-order valence-electron chi connectivity index (χ2n) is 2.93. The Hall–Kier alpha value is -0.550. The van der Waals surface area contributed by atoms with E-state index in [4.69, 9.17) is 27.9 Å². The molecule has 2 atom stereocenters. The summed E-state index contributed by atoms with van der Waals surface area (Å²) in [7, 11) is 1.44. The van der Waals surface area contributed by atoms with Gasteiger partial charge in [-0.2, -0.15) is 0 Å². The fourth-order valence-corrected chi connectivity index (χ4v) is 1.48. The lowest BCUT2D eigenvalue weighted by Crippen LogP contribution is -2.19. The van der Waals surface area contributed by atoms with Crippen LogP contribution in [0.5, 0.6) is 5.88 Å². The average molecular weight is 252 g/mol. The third kappa shape index (κ3) is 2.95. The van der Waals surface area contributed by atoms with Gasteiger partial charge in [-0.1, -0.05) is 11.6 Å². The smallest absolute Gasteiger partial charge is 0.232 e. The van der Waals surface area contributed by atoms with Gasteiger partial charge in [0, 0.05) is 11.8 Å². The molecule has 0 saturated heterocycles. The van der Waals surface area contributed by atoms with Crippen LogP contribution < -0.4 is 4.74 Å². The van der Waals surface area contributed by atoms with Crippen molar-refractivity contribution >= 4 is 23.2 Å². The molecule has 84 valence electrons. The van der Waals surface area contributed by atoms with Gasteiger partial charge >= 0.3 is 0 Å². The number of pyridine rings is 1. The molecule has 0 fully saturated rings.